The van der Waals surface area contributed by atoms with Gasteiger partial charge in [-0.2, -0.15) is 5.10 Å². The number of hydrogen-bond donors (Lipinski definition) is 0. The molecule has 0 fully saturated rings. The third-order valence-corrected chi connectivity index (χ3v) is 2.18. The summed E-state index contributed by atoms with van der Waals surface area (Å²) in [7, 11) is 1.46. The molecule has 5 nitrogen and oxygen atoms in total. The van der Waals surface area contributed by atoms with Crippen LogP contribution in [0.3, 0.4) is 0 Å². The first-order valence-corrected chi connectivity index (χ1v) is 4.77. The van der Waals surface area contributed by atoms with Crippen molar-refractivity contribution in [3.63, 3.8) is 0 Å². The van der Waals surface area contributed by atoms with Crippen molar-refractivity contribution in [3.8, 4) is 11.4 Å². The highest BCUT2D eigenvalue weighted by Gasteiger charge is 2.06. The summed E-state index contributed by atoms with van der Waals surface area (Å²) in [6, 6.07) is 3.65. The first-order valence-electron chi connectivity index (χ1n) is 4.77. The molecule has 0 unspecified atom stereocenters. The Morgan fingerprint density at radius 2 is 2.25 bits per heavy atom. The zero-order valence-electron chi connectivity index (χ0n) is 9.04. The van der Waals surface area contributed by atoms with Crippen molar-refractivity contribution in [1.29, 1.82) is 0 Å². The van der Waals surface area contributed by atoms with Crippen LogP contribution in [0.25, 0.3) is 5.69 Å². The van der Waals surface area contributed by atoms with E-state index >= 15 is 0 Å². The van der Waals surface area contributed by atoms with Gasteiger partial charge in [0.1, 0.15) is 5.69 Å². The SMILES string of the molecule is COc1cn(-c2cccnc2)nc(C)c1=O. The Hall–Kier alpha value is -2.17. The molecule has 2 rings (SSSR count). The second-order valence-corrected chi connectivity index (χ2v) is 3.27. The largest absolute Gasteiger partial charge is 0.491 e. The number of rotatable bonds is 2. The molecule has 16 heavy (non-hydrogen) atoms. The molecule has 2 aromatic rings. The molecule has 0 aromatic carbocycles. The van der Waals surface area contributed by atoms with Crippen molar-refractivity contribution in [2.24, 2.45) is 0 Å². The molecule has 0 saturated heterocycles. The maximum Gasteiger partial charge on any atom is 0.244 e. The molecule has 0 aliphatic heterocycles. The number of aromatic nitrogens is 3. The molecule has 2 heterocycles. The molecule has 0 bridgehead atoms. The predicted octanol–water partition coefficient (Wildman–Crippen LogP) is 0.945. The summed E-state index contributed by atoms with van der Waals surface area (Å²) in [5, 5.41) is 4.14. The van der Waals surface area contributed by atoms with E-state index in [9.17, 15) is 4.79 Å². The van der Waals surface area contributed by atoms with E-state index in [0.717, 1.165) is 5.69 Å². The number of methoxy groups -OCH3 is 1. The molecular formula is C11H11N3O2. The van der Waals surface area contributed by atoms with Gasteiger partial charge in [-0.3, -0.25) is 9.78 Å². The Balaban J connectivity index is 2.60. The highest BCUT2D eigenvalue weighted by molar-refractivity contribution is 5.30. The molecular weight excluding hydrogens is 206 g/mol. The molecule has 5 heteroatoms. The van der Waals surface area contributed by atoms with Crippen LogP contribution >= 0.6 is 0 Å². The topological polar surface area (TPSA) is 57.0 Å². The number of hydrogen-bond acceptors (Lipinski definition) is 4. The van der Waals surface area contributed by atoms with E-state index in [2.05, 4.69) is 10.1 Å². The van der Waals surface area contributed by atoms with Gasteiger partial charge in [0.25, 0.3) is 0 Å². The summed E-state index contributed by atoms with van der Waals surface area (Å²) in [5.74, 6) is 0.274. The summed E-state index contributed by atoms with van der Waals surface area (Å²) >= 11 is 0. The lowest BCUT2D eigenvalue weighted by molar-refractivity contribution is 0.404. The summed E-state index contributed by atoms with van der Waals surface area (Å²) in [6.07, 6.45) is 4.89. The van der Waals surface area contributed by atoms with Crippen LogP contribution < -0.4 is 10.2 Å². The lowest BCUT2D eigenvalue weighted by atomic mass is 10.3. The Morgan fingerprint density at radius 1 is 1.44 bits per heavy atom. The van der Waals surface area contributed by atoms with Crippen LogP contribution in [-0.2, 0) is 0 Å². The summed E-state index contributed by atoms with van der Waals surface area (Å²) in [5.41, 5.74) is 0.981. The smallest absolute Gasteiger partial charge is 0.244 e. The van der Waals surface area contributed by atoms with Crippen molar-refractivity contribution in [2.75, 3.05) is 7.11 Å². The fourth-order valence-electron chi connectivity index (χ4n) is 1.35. The first kappa shape index (κ1) is 10.4. The van der Waals surface area contributed by atoms with E-state index < -0.39 is 0 Å². The van der Waals surface area contributed by atoms with Crippen molar-refractivity contribution >= 4 is 0 Å². The van der Waals surface area contributed by atoms with Gasteiger partial charge in [-0.05, 0) is 19.1 Å². The van der Waals surface area contributed by atoms with Gasteiger partial charge in [0.2, 0.25) is 5.43 Å². The molecule has 0 aliphatic rings. The lowest BCUT2D eigenvalue weighted by Crippen LogP contribution is -2.16. The highest BCUT2D eigenvalue weighted by atomic mass is 16.5. The van der Waals surface area contributed by atoms with Crippen molar-refractivity contribution in [1.82, 2.24) is 14.8 Å². The average molecular weight is 217 g/mol. The molecule has 0 N–H and O–H groups in total. The molecule has 0 amide bonds. The van der Waals surface area contributed by atoms with E-state index in [0.29, 0.717) is 5.69 Å². The van der Waals surface area contributed by atoms with Gasteiger partial charge < -0.3 is 4.74 Å². The number of pyridine rings is 1. The monoisotopic (exact) mass is 217 g/mol. The van der Waals surface area contributed by atoms with Crippen LogP contribution in [0, 0.1) is 6.92 Å². The van der Waals surface area contributed by atoms with Crippen LogP contribution in [0.15, 0.2) is 35.5 Å². The zero-order valence-corrected chi connectivity index (χ0v) is 9.04. The lowest BCUT2D eigenvalue weighted by Gasteiger charge is -2.07. The zero-order chi connectivity index (χ0) is 11.5. The molecule has 0 atom stereocenters. The molecule has 0 spiro atoms. The van der Waals surface area contributed by atoms with Gasteiger partial charge >= 0.3 is 0 Å². The predicted molar refractivity (Wildman–Crippen MR) is 58.9 cm³/mol. The Bertz CT molecular complexity index is 549. The maximum atomic E-state index is 11.6. The third-order valence-electron chi connectivity index (χ3n) is 2.18. The van der Waals surface area contributed by atoms with Crippen LogP contribution in [0.4, 0.5) is 0 Å². The van der Waals surface area contributed by atoms with Crippen LogP contribution in [0.1, 0.15) is 5.69 Å². The van der Waals surface area contributed by atoms with Crippen molar-refractivity contribution < 1.29 is 4.74 Å². The Morgan fingerprint density at radius 3 is 2.88 bits per heavy atom. The van der Waals surface area contributed by atoms with Gasteiger partial charge in [0.05, 0.1) is 25.2 Å². The molecule has 2 aromatic heterocycles. The third kappa shape index (κ3) is 1.79. The highest BCUT2D eigenvalue weighted by Crippen LogP contribution is 2.07. The van der Waals surface area contributed by atoms with E-state index in [1.807, 2.05) is 6.07 Å². The minimum atomic E-state index is -0.192. The molecule has 0 radical (unpaired) electrons. The van der Waals surface area contributed by atoms with Crippen LogP contribution in [-0.4, -0.2) is 21.9 Å². The Kier molecular flexibility index (Phi) is 2.68. The quantitative estimate of drug-likeness (QED) is 0.751. The summed E-state index contributed by atoms with van der Waals surface area (Å²) < 4.78 is 6.57. The number of ether oxygens (including phenoxy) is 1. The van der Waals surface area contributed by atoms with E-state index in [4.69, 9.17) is 4.74 Å². The van der Waals surface area contributed by atoms with E-state index in [1.54, 1.807) is 36.3 Å². The average Bonchev–Trinajstić information content (AvgIpc) is 2.33. The first-order chi connectivity index (χ1) is 7.72. The maximum absolute atomic E-state index is 11.6. The van der Waals surface area contributed by atoms with Gasteiger partial charge in [0, 0.05) is 6.20 Å². The van der Waals surface area contributed by atoms with Gasteiger partial charge in [-0.25, -0.2) is 4.68 Å². The molecule has 82 valence electrons. The minimum absolute atomic E-state index is 0.192. The molecule has 0 saturated carbocycles. The van der Waals surface area contributed by atoms with Gasteiger partial charge in [-0.15, -0.1) is 0 Å². The van der Waals surface area contributed by atoms with E-state index in [-0.39, 0.29) is 11.2 Å². The Labute approximate surface area is 92.3 Å². The van der Waals surface area contributed by atoms with Crippen LogP contribution in [0.5, 0.6) is 5.75 Å². The van der Waals surface area contributed by atoms with Gasteiger partial charge in [0.15, 0.2) is 5.75 Å². The standard InChI is InChI=1S/C11H11N3O2/c1-8-11(15)10(16-2)7-14(13-8)9-4-3-5-12-6-9/h3-7H,1-2H3. The van der Waals surface area contributed by atoms with Crippen LogP contribution in [0.2, 0.25) is 0 Å². The number of aryl methyl sites for hydroxylation is 1. The molecule has 0 aliphatic carbocycles. The second kappa shape index (κ2) is 4.14. The summed E-state index contributed by atoms with van der Waals surface area (Å²) in [6.45, 7) is 1.65. The fraction of sp³-hybridized carbons (Fsp3) is 0.182. The van der Waals surface area contributed by atoms with Crippen molar-refractivity contribution in [2.45, 2.75) is 6.92 Å². The minimum Gasteiger partial charge on any atom is -0.491 e. The normalized spacial score (nSPS) is 10.1. The number of nitrogens with zero attached hydrogens (tertiary/aromatic N) is 3. The van der Waals surface area contributed by atoms with Crippen molar-refractivity contribution in [3.05, 3.63) is 46.6 Å². The second-order valence-electron chi connectivity index (χ2n) is 3.27. The van der Waals surface area contributed by atoms with E-state index in [1.165, 1.54) is 7.11 Å². The fourth-order valence-corrected chi connectivity index (χ4v) is 1.35. The summed E-state index contributed by atoms with van der Waals surface area (Å²) in [4.78, 5) is 15.6. The van der Waals surface area contributed by atoms with Gasteiger partial charge in [-0.1, -0.05) is 0 Å².